The van der Waals surface area contributed by atoms with Crippen LogP contribution in [0.4, 0.5) is 4.39 Å². The second-order valence-electron chi connectivity index (χ2n) is 2.58. The van der Waals surface area contributed by atoms with Crippen LogP contribution in [0.25, 0.3) is 11.0 Å². The van der Waals surface area contributed by atoms with Crippen LogP contribution in [0.15, 0.2) is 18.2 Å². The van der Waals surface area contributed by atoms with Crippen molar-refractivity contribution in [1.82, 2.24) is 15.0 Å². The number of fused-ring (bicyclic) bond motifs is 1. The van der Waals surface area contributed by atoms with Gasteiger partial charge in [-0.15, -0.1) is 11.5 Å². The number of halogens is 1. The first kappa shape index (κ1) is 7.74. The van der Waals surface area contributed by atoms with E-state index >= 15 is 0 Å². The highest BCUT2D eigenvalue weighted by Crippen LogP contribution is 2.11. The topological polar surface area (TPSA) is 30.7 Å². The summed E-state index contributed by atoms with van der Waals surface area (Å²) in [6, 6.07) is 4.30. The SMILES string of the molecule is C#CCn1nnc2cc(F)ccc21. The van der Waals surface area contributed by atoms with Gasteiger partial charge >= 0.3 is 0 Å². The van der Waals surface area contributed by atoms with E-state index in [-0.39, 0.29) is 5.82 Å². The van der Waals surface area contributed by atoms with Crippen LogP contribution in [0.2, 0.25) is 0 Å². The molecule has 0 saturated heterocycles. The fourth-order valence-corrected chi connectivity index (χ4v) is 1.15. The summed E-state index contributed by atoms with van der Waals surface area (Å²) in [6.45, 7) is 0.349. The van der Waals surface area contributed by atoms with Crippen LogP contribution >= 0.6 is 0 Å². The van der Waals surface area contributed by atoms with Crippen LogP contribution in [-0.4, -0.2) is 15.0 Å². The van der Waals surface area contributed by atoms with Crippen LogP contribution in [0.5, 0.6) is 0 Å². The Morgan fingerprint density at radius 3 is 3.15 bits per heavy atom. The molecule has 1 heterocycles. The summed E-state index contributed by atoms with van der Waals surface area (Å²) >= 11 is 0. The lowest BCUT2D eigenvalue weighted by Crippen LogP contribution is -1.97. The third-order valence-corrected chi connectivity index (χ3v) is 1.72. The van der Waals surface area contributed by atoms with Crippen LogP contribution in [0, 0.1) is 18.2 Å². The van der Waals surface area contributed by atoms with Gasteiger partial charge in [-0.1, -0.05) is 11.1 Å². The number of terminal acetylenes is 1. The molecule has 0 aliphatic rings. The van der Waals surface area contributed by atoms with E-state index < -0.39 is 0 Å². The maximum Gasteiger partial charge on any atom is 0.125 e. The molecule has 2 aromatic rings. The van der Waals surface area contributed by atoms with E-state index in [9.17, 15) is 4.39 Å². The van der Waals surface area contributed by atoms with E-state index in [1.807, 2.05) is 0 Å². The highest BCUT2D eigenvalue weighted by molar-refractivity contribution is 5.74. The smallest absolute Gasteiger partial charge is 0.125 e. The molecule has 1 aromatic carbocycles. The van der Waals surface area contributed by atoms with Crippen molar-refractivity contribution in [3.63, 3.8) is 0 Å². The summed E-state index contributed by atoms with van der Waals surface area (Å²) in [5.41, 5.74) is 1.27. The number of rotatable bonds is 1. The molecule has 0 fully saturated rings. The Morgan fingerprint density at radius 1 is 1.54 bits per heavy atom. The Hall–Kier alpha value is -1.89. The summed E-state index contributed by atoms with van der Waals surface area (Å²) in [7, 11) is 0. The first-order valence-corrected chi connectivity index (χ1v) is 3.73. The van der Waals surface area contributed by atoms with Crippen molar-refractivity contribution >= 4 is 11.0 Å². The van der Waals surface area contributed by atoms with Gasteiger partial charge in [0.05, 0.1) is 5.52 Å². The molecule has 0 spiro atoms. The third-order valence-electron chi connectivity index (χ3n) is 1.72. The minimum atomic E-state index is -0.319. The fourth-order valence-electron chi connectivity index (χ4n) is 1.15. The molecule has 0 N–H and O–H groups in total. The Kier molecular flexibility index (Phi) is 1.71. The third kappa shape index (κ3) is 1.25. The highest BCUT2D eigenvalue weighted by atomic mass is 19.1. The molecule has 0 unspecified atom stereocenters. The molecule has 0 aliphatic heterocycles. The number of benzene rings is 1. The molecule has 1 aromatic heterocycles. The zero-order chi connectivity index (χ0) is 9.26. The van der Waals surface area contributed by atoms with Gasteiger partial charge in [0.15, 0.2) is 0 Å². The van der Waals surface area contributed by atoms with Gasteiger partial charge in [-0.25, -0.2) is 9.07 Å². The van der Waals surface area contributed by atoms with Crippen molar-refractivity contribution in [2.75, 3.05) is 0 Å². The molecule has 64 valence electrons. The Morgan fingerprint density at radius 2 is 2.38 bits per heavy atom. The standard InChI is InChI=1S/C9H6FN3/c1-2-5-13-9-4-3-7(10)6-8(9)11-12-13/h1,3-4,6H,5H2. The van der Waals surface area contributed by atoms with Gasteiger partial charge in [-0.3, -0.25) is 0 Å². The molecular formula is C9H6FN3. The maximum atomic E-state index is 12.7. The van der Waals surface area contributed by atoms with E-state index in [4.69, 9.17) is 6.42 Å². The Balaban J connectivity index is 2.63. The van der Waals surface area contributed by atoms with Crippen molar-refractivity contribution in [2.24, 2.45) is 0 Å². The summed E-state index contributed by atoms with van der Waals surface area (Å²) in [4.78, 5) is 0. The number of hydrogen-bond donors (Lipinski definition) is 0. The zero-order valence-electron chi connectivity index (χ0n) is 6.74. The first-order valence-electron chi connectivity index (χ1n) is 3.73. The molecule has 3 nitrogen and oxygen atoms in total. The number of nitrogens with zero attached hydrogens (tertiary/aromatic N) is 3. The average Bonchev–Trinajstić information content (AvgIpc) is 2.49. The van der Waals surface area contributed by atoms with Crippen LogP contribution in [-0.2, 0) is 6.54 Å². The van der Waals surface area contributed by atoms with E-state index in [2.05, 4.69) is 16.2 Å². The van der Waals surface area contributed by atoms with Crippen molar-refractivity contribution < 1.29 is 4.39 Å². The lowest BCUT2D eigenvalue weighted by molar-refractivity contribution is 0.629. The quantitative estimate of drug-likeness (QED) is 0.610. The predicted octanol–water partition coefficient (Wildman–Crippen LogP) is 1.20. The zero-order valence-corrected chi connectivity index (χ0v) is 6.74. The fraction of sp³-hybridized carbons (Fsp3) is 0.111. The van der Waals surface area contributed by atoms with Gasteiger partial charge in [0.2, 0.25) is 0 Å². The van der Waals surface area contributed by atoms with Gasteiger partial charge in [0.25, 0.3) is 0 Å². The van der Waals surface area contributed by atoms with Crippen molar-refractivity contribution in [1.29, 1.82) is 0 Å². The van der Waals surface area contributed by atoms with E-state index in [1.165, 1.54) is 12.1 Å². The van der Waals surface area contributed by atoms with Gasteiger partial charge in [0, 0.05) is 6.07 Å². The summed E-state index contributed by atoms with van der Waals surface area (Å²) in [6.07, 6.45) is 5.13. The van der Waals surface area contributed by atoms with Crippen LogP contribution in [0.1, 0.15) is 0 Å². The molecule has 0 radical (unpaired) electrons. The van der Waals surface area contributed by atoms with Gasteiger partial charge in [0.1, 0.15) is 17.9 Å². The molecular weight excluding hydrogens is 169 g/mol. The monoisotopic (exact) mass is 175 g/mol. The largest absolute Gasteiger partial charge is 0.233 e. The average molecular weight is 175 g/mol. The molecule has 4 heteroatoms. The minimum absolute atomic E-state index is 0.319. The van der Waals surface area contributed by atoms with Crippen molar-refractivity contribution in [3.8, 4) is 12.3 Å². The maximum absolute atomic E-state index is 12.7. The lowest BCUT2D eigenvalue weighted by atomic mass is 10.3. The normalized spacial score (nSPS) is 10.2. The first-order chi connectivity index (χ1) is 6.31. The summed E-state index contributed by atoms with van der Waals surface area (Å²) in [5.74, 6) is 2.12. The van der Waals surface area contributed by atoms with E-state index in [0.717, 1.165) is 5.52 Å². The molecule has 0 amide bonds. The van der Waals surface area contributed by atoms with Gasteiger partial charge in [-0.2, -0.15) is 0 Å². The molecule has 0 bridgehead atoms. The van der Waals surface area contributed by atoms with E-state index in [1.54, 1.807) is 10.7 Å². The summed E-state index contributed by atoms with van der Waals surface area (Å²) < 4.78 is 14.3. The van der Waals surface area contributed by atoms with Crippen LogP contribution < -0.4 is 0 Å². The molecule has 2 rings (SSSR count). The number of aromatic nitrogens is 3. The summed E-state index contributed by atoms with van der Waals surface area (Å²) in [5, 5.41) is 7.56. The highest BCUT2D eigenvalue weighted by Gasteiger charge is 2.03. The molecule has 0 aliphatic carbocycles. The number of hydrogen-bond acceptors (Lipinski definition) is 2. The Bertz CT molecular complexity index is 481. The lowest BCUT2D eigenvalue weighted by Gasteiger charge is -1.94. The van der Waals surface area contributed by atoms with E-state index in [0.29, 0.717) is 12.1 Å². The molecule has 13 heavy (non-hydrogen) atoms. The van der Waals surface area contributed by atoms with Gasteiger partial charge < -0.3 is 0 Å². The van der Waals surface area contributed by atoms with Gasteiger partial charge in [-0.05, 0) is 12.1 Å². The molecule has 0 atom stereocenters. The second-order valence-corrected chi connectivity index (χ2v) is 2.58. The second kappa shape index (κ2) is 2.87. The Labute approximate surface area is 74.2 Å². The minimum Gasteiger partial charge on any atom is -0.233 e. The van der Waals surface area contributed by atoms with Crippen molar-refractivity contribution in [3.05, 3.63) is 24.0 Å². The van der Waals surface area contributed by atoms with Crippen molar-refractivity contribution in [2.45, 2.75) is 6.54 Å². The molecule has 0 saturated carbocycles. The van der Waals surface area contributed by atoms with Crippen LogP contribution in [0.3, 0.4) is 0 Å². The predicted molar refractivity (Wildman–Crippen MR) is 46.3 cm³/mol.